The molecule has 0 fully saturated rings. The van der Waals surface area contributed by atoms with E-state index in [1.54, 1.807) is 6.07 Å². The summed E-state index contributed by atoms with van der Waals surface area (Å²) in [5, 5.41) is 0.583. The molecule has 0 spiro atoms. The van der Waals surface area contributed by atoms with Crippen molar-refractivity contribution in [3.8, 4) is 0 Å². The zero-order chi connectivity index (χ0) is 11.5. The fourth-order valence-corrected chi connectivity index (χ4v) is 2.02. The average Bonchev–Trinajstić information content (AvgIpc) is 2.28. The van der Waals surface area contributed by atoms with Crippen LogP contribution in [0.2, 0.25) is 5.02 Å². The topological polar surface area (TPSA) is 26.3 Å². The number of rotatable bonds is 2. The second-order valence-electron chi connectivity index (χ2n) is 3.91. The Balaban J connectivity index is 2.29. The fourth-order valence-electron chi connectivity index (χ4n) is 1.73. The number of Topliss-reactive ketones (excluding diaryl/α,β-unsaturated/α-hetero) is 1. The van der Waals surface area contributed by atoms with Gasteiger partial charge in [0.05, 0.1) is 6.61 Å². The van der Waals surface area contributed by atoms with Crippen LogP contribution in [0.4, 0.5) is 0 Å². The van der Waals surface area contributed by atoms with Crippen LogP contribution in [0.1, 0.15) is 28.8 Å². The number of hydrogen-bond donors (Lipinski definition) is 0. The highest BCUT2D eigenvalue weighted by Crippen LogP contribution is 2.20. The molecule has 2 nitrogen and oxygen atoms in total. The van der Waals surface area contributed by atoms with Crippen LogP contribution < -0.4 is 0 Å². The summed E-state index contributed by atoms with van der Waals surface area (Å²) in [6.07, 6.45) is 3.73. The van der Waals surface area contributed by atoms with Crippen LogP contribution in [-0.4, -0.2) is 12.4 Å². The van der Waals surface area contributed by atoms with Crippen molar-refractivity contribution in [3.05, 3.63) is 46.2 Å². The van der Waals surface area contributed by atoms with Crippen molar-refractivity contribution in [1.82, 2.24) is 0 Å². The van der Waals surface area contributed by atoms with Gasteiger partial charge in [-0.3, -0.25) is 4.79 Å². The Hall–Kier alpha value is -1.28. The smallest absolute Gasteiger partial charge is 0.227 e. The van der Waals surface area contributed by atoms with Crippen LogP contribution in [0.25, 0.3) is 0 Å². The number of benzene rings is 1. The Morgan fingerprint density at radius 2 is 2.19 bits per heavy atom. The van der Waals surface area contributed by atoms with Crippen LogP contribution in [0.5, 0.6) is 0 Å². The highest BCUT2D eigenvalue weighted by Gasteiger charge is 2.16. The van der Waals surface area contributed by atoms with E-state index in [9.17, 15) is 4.79 Å². The molecule has 0 atom stereocenters. The highest BCUT2D eigenvalue weighted by atomic mass is 35.5. The summed E-state index contributed by atoms with van der Waals surface area (Å²) in [4.78, 5) is 12.1. The minimum absolute atomic E-state index is 0.0784. The summed E-state index contributed by atoms with van der Waals surface area (Å²) < 4.78 is 5.34. The van der Waals surface area contributed by atoms with Crippen molar-refractivity contribution >= 4 is 17.4 Å². The molecule has 1 aliphatic heterocycles. The number of allylic oxidation sites excluding steroid dienone is 2. The molecule has 3 heteroatoms. The van der Waals surface area contributed by atoms with E-state index >= 15 is 0 Å². The van der Waals surface area contributed by atoms with E-state index in [0.29, 0.717) is 23.0 Å². The number of ketones is 1. The van der Waals surface area contributed by atoms with Crippen LogP contribution in [0, 0.1) is 6.92 Å². The number of halogens is 1. The van der Waals surface area contributed by atoms with Crippen molar-refractivity contribution in [2.45, 2.75) is 19.8 Å². The minimum Gasteiger partial charge on any atom is -0.490 e. The van der Waals surface area contributed by atoms with Gasteiger partial charge in [-0.2, -0.15) is 0 Å². The van der Waals surface area contributed by atoms with E-state index in [1.807, 2.05) is 25.1 Å². The van der Waals surface area contributed by atoms with Gasteiger partial charge in [0, 0.05) is 10.6 Å². The first kappa shape index (κ1) is 11.2. The van der Waals surface area contributed by atoms with E-state index in [1.165, 1.54) is 0 Å². The quantitative estimate of drug-likeness (QED) is 0.735. The van der Waals surface area contributed by atoms with E-state index < -0.39 is 0 Å². The van der Waals surface area contributed by atoms with Crippen LogP contribution in [-0.2, 0) is 4.74 Å². The molecule has 0 N–H and O–H groups in total. The first-order valence-electron chi connectivity index (χ1n) is 5.31. The summed E-state index contributed by atoms with van der Waals surface area (Å²) >= 11 is 5.92. The standard InChI is InChI=1S/C13H13ClO2/c1-9-6-10(8-11(14)7-9)13(15)12-4-2-3-5-16-12/h4,6-8H,2-3,5H2,1H3. The molecule has 1 heterocycles. The number of carbonyl (C=O) groups excluding carboxylic acids is 1. The zero-order valence-corrected chi connectivity index (χ0v) is 9.88. The van der Waals surface area contributed by atoms with Gasteiger partial charge >= 0.3 is 0 Å². The maximum absolute atomic E-state index is 12.1. The second-order valence-corrected chi connectivity index (χ2v) is 4.34. The monoisotopic (exact) mass is 236 g/mol. The van der Waals surface area contributed by atoms with Crippen LogP contribution in [0.15, 0.2) is 30.0 Å². The summed E-state index contributed by atoms with van der Waals surface area (Å²) in [5.74, 6) is 0.373. The van der Waals surface area contributed by atoms with Gasteiger partial charge in [-0.1, -0.05) is 11.6 Å². The summed E-state index contributed by atoms with van der Waals surface area (Å²) in [6.45, 7) is 2.54. The highest BCUT2D eigenvalue weighted by molar-refractivity contribution is 6.31. The molecule has 0 saturated carbocycles. The molecule has 0 amide bonds. The molecule has 1 aromatic carbocycles. The molecule has 84 valence electrons. The van der Waals surface area contributed by atoms with Crippen LogP contribution in [0.3, 0.4) is 0 Å². The predicted octanol–water partition coefficient (Wildman–Crippen LogP) is 3.53. The third-order valence-electron chi connectivity index (χ3n) is 2.46. The van der Waals surface area contributed by atoms with Gasteiger partial charge in [-0.25, -0.2) is 0 Å². The van der Waals surface area contributed by atoms with Gasteiger partial charge in [-0.15, -0.1) is 0 Å². The fraction of sp³-hybridized carbons (Fsp3) is 0.308. The van der Waals surface area contributed by atoms with Crippen molar-refractivity contribution < 1.29 is 9.53 Å². The number of hydrogen-bond acceptors (Lipinski definition) is 2. The molecule has 16 heavy (non-hydrogen) atoms. The minimum atomic E-state index is -0.0784. The first-order valence-corrected chi connectivity index (χ1v) is 5.69. The molecule has 0 saturated heterocycles. The third-order valence-corrected chi connectivity index (χ3v) is 2.68. The molecule has 0 aromatic heterocycles. The van der Waals surface area contributed by atoms with E-state index in [0.717, 1.165) is 18.4 Å². The van der Waals surface area contributed by atoms with Crippen molar-refractivity contribution in [2.24, 2.45) is 0 Å². The summed E-state index contributed by atoms with van der Waals surface area (Å²) in [5.41, 5.74) is 1.57. The maximum atomic E-state index is 12.1. The first-order chi connectivity index (χ1) is 7.66. The lowest BCUT2D eigenvalue weighted by atomic mass is 10.0. The molecule has 0 bridgehead atoms. The number of ether oxygens (including phenoxy) is 1. The molecule has 0 radical (unpaired) electrons. The van der Waals surface area contributed by atoms with Crippen molar-refractivity contribution in [3.63, 3.8) is 0 Å². The van der Waals surface area contributed by atoms with Crippen LogP contribution >= 0.6 is 11.6 Å². The van der Waals surface area contributed by atoms with E-state index in [2.05, 4.69) is 0 Å². The SMILES string of the molecule is Cc1cc(Cl)cc(C(=O)C2=CCCCO2)c1. The van der Waals surface area contributed by atoms with Gasteiger partial charge in [0.1, 0.15) is 0 Å². The molecule has 1 aliphatic rings. The molecule has 2 rings (SSSR count). The Labute approximate surface area is 99.9 Å². The van der Waals surface area contributed by atoms with Gasteiger partial charge in [-0.05, 0) is 49.6 Å². The maximum Gasteiger partial charge on any atom is 0.227 e. The zero-order valence-electron chi connectivity index (χ0n) is 9.13. The molecule has 1 aromatic rings. The van der Waals surface area contributed by atoms with E-state index in [4.69, 9.17) is 16.3 Å². The molecule has 0 unspecified atom stereocenters. The van der Waals surface area contributed by atoms with Gasteiger partial charge in [0.15, 0.2) is 5.76 Å². The average molecular weight is 237 g/mol. The lowest BCUT2D eigenvalue weighted by Crippen LogP contribution is -2.11. The number of aryl methyl sites for hydroxylation is 1. The third kappa shape index (κ3) is 2.45. The Kier molecular flexibility index (Phi) is 3.30. The molecular weight excluding hydrogens is 224 g/mol. The molecule has 0 aliphatic carbocycles. The number of carbonyl (C=O) groups is 1. The normalized spacial score (nSPS) is 15.2. The van der Waals surface area contributed by atoms with Gasteiger partial charge < -0.3 is 4.74 Å². The Bertz CT molecular complexity index is 429. The van der Waals surface area contributed by atoms with Crippen molar-refractivity contribution in [1.29, 1.82) is 0 Å². The Morgan fingerprint density at radius 3 is 2.81 bits per heavy atom. The lowest BCUT2D eigenvalue weighted by molar-refractivity contribution is 0.0899. The van der Waals surface area contributed by atoms with Gasteiger partial charge in [0.25, 0.3) is 0 Å². The molecular formula is C13H13ClO2. The lowest BCUT2D eigenvalue weighted by Gasteiger charge is -2.14. The second kappa shape index (κ2) is 4.71. The summed E-state index contributed by atoms with van der Waals surface area (Å²) in [7, 11) is 0. The van der Waals surface area contributed by atoms with Gasteiger partial charge in [0.2, 0.25) is 5.78 Å². The van der Waals surface area contributed by atoms with E-state index in [-0.39, 0.29) is 5.78 Å². The predicted molar refractivity (Wildman–Crippen MR) is 63.8 cm³/mol. The largest absolute Gasteiger partial charge is 0.490 e. The summed E-state index contributed by atoms with van der Waals surface area (Å²) in [6, 6.07) is 5.33. The van der Waals surface area contributed by atoms with Crippen molar-refractivity contribution in [2.75, 3.05) is 6.61 Å². The Morgan fingerprint density at radius 1 is 1.38 bits per heavy atom.